The lowest BCUT2D eigenvalue weighted by atomic mass is 10.0. The van der Waals surface area contributed by atoms with Crippen LogP contribution in [-0.2, 0) is 0 Å². The smallest absolute Gasteiger partial charge is 0.129 e. The third kappa shape index (κ3) is 2.38. The lowest BCUT2D eigenvalue weighted by Crippen LogP contribution is -2.14. The van der Waals surface area contributed by atoms with E-state index in [9.17, 15) is 5.11 Å². The van der Waals surface area contributed by atoms with Crippen LogP contribution in [0.15, 0.2) is 12.3 Å². The van der Waals surface area contributed by atoms with E-state index in [1.807, 2.05) is 0 Å². The summed E-state index contributed by atoms with van der Waals surface area (Å²) in [7, 11) is 0. The minimum Gasteiger partial charge on any atom is -0.387 e. The molecule has 2 rings (SSSR count). The topological polar surface area (TPSA) is 59.1 Å². The second-order valence-electron chi connectivity index (χ2n) is 3.62. The highest BCUT2D eigenvalue weighted by Crippen LogP contribution is 2.37. The number of hydrogen-bond donors (Lipinski definition) is 2. The molecule has 2 heterocycles. The van der Waals surface area contributed by atoms with E-state index in [0.29, 0.717) is 16.4 Å². The van der Waals surface area contributed by atoms with Crippen molar-refractivity contribution in [1.82, 2.24) is 4.98 Å². The molecule has 15 heavy (non-hydrogen) atoms. The third-order valence-corrected chi connectivity index (χ3v) is 4.20. The molecule has 82 valence electrons. The summed E-state index contributed by atoms with van der Waals surface area (Å²) in [4.78, 5) is 3.95. The Balaban J connectivity index is 2.23. The Hall–Kier alpha value is -0.450. The van der Waals surface area contributed by atoms with E-state index in [4.69, 9.17) is 17.3 Å². The lowest BCUT2D eigenvalue weighted by Gasteiger charge is -2.18. The molecule has 0 bridgehead atoms. The molecule has 1 saturated heterocycles. The molecule has 3 N–H and O–H groups in total. The van der Waals surface area contributed by atoms with Crippen molar-refractivity contribution in [3.05, 3.63) is 22.8 Å². The largest absolute Gasteiger partial charge is 0.387 e. The highest BCUT2D eigenvalue weighted by molar-refractivity contribution is 8.00. The highest BCUT2D eigenvalue weighted by Gasteiger charge is 2.26. The van der Waals surface area contributed by atoms with Gasteiger partial charge in [0.05, 0.1) is 11.1 Å². The average molecular weight is 245 g/mol. The molecule has 1 aliphatic heterocycles. The van der Waals surface area contributed by atoms with Crippen molar-refractivity contribution in [3.63, 3.8) is 0 Å². The van der Waals surface area contributed by atoms with E-state index in [-0.39, 0.29) is 5.25 Å². The van der Waals surface area contributed by atoms with Gasteiger partial charge in [0.15, 0.2) is 0 Å². The molecule has 0 aliphatic carbocycles. The van der Waals surface area contributed by atoms with Gasteiger partial charge in [-0.05, 0) is 24.7 Å². The molecular weight excluding hydrogens is 232 g/mol. The van der Waals surface area contributed by atoms with E-state index >= 15 is 0 Å². The van der Waals surface area contributed by atoms with Gasteiger partial charge in [-0.15, -0.1) is 0 Å². The predicted molar refractivity (Wildman–Crippen MR) is 64.1 cm³/mol. The molecule has 0 amide bonds. The van der Waals surface area contributed by atoms with Crippen LogP contribution in [0.2, 0.25) is 5.02 Å². The molecule has 1 fully saturated rings. The predicted octanol–water partition coefficient (Wildman–Crippen LogP) is 2.25. The summed E-state index contributed by atoms with van der Waals surface area (Å²) >= 11 is 7.62. The number of aliphatic hydroxyl groups is 1. The Labute approximate surface area is 98.0 Å². The van der Waals surface area contributed by atoms with Gasteiger partial charge in [-0.25, -0.2) is 4.98 Å². The number of halogens is 1. The van der Waals surface area contributed by atoms with Crippen LogP contribution in [0.5, 0.6) is 0 Å². The summed E-state index contributed by atoms with van der Waals surface area (Å²) in [6.07, 6.45) is 3.12. The number of nitrogens with zero attached hydrogens (tertiary/aromatic N) is 1. The second-order valence-corrected chi connectivity index (χ2v) is 5.41. The van der Waals surface area contributed by atoms with Gasteiger partial charge in [0.2, 0.25) is 0 Å². The Morgan fingerprint density at radius 3 is 3.13 bits per heavy atom. The standard InChI is InChI=1S/C10H13ClN2OS/c11-6-4-7(10(12)13-5-6)9(14)8-2-1-3-15-8/h4-5,8-9,14H,1-3H2,(H2,12,13). The summed E-state index contributed by atoms with van der Waals surface area (Å²) in [5, 5.41) is 10.9. The fourth-order valence-corrected chi connectivity index (χ4v) is 3.22. The van der Waals surface area contributed by atoms with Crippen molar-refractivity contribution in [2.45, 2.75) is 24.2 Å². The maximum atomic E-state index is 10.1. The van der Waals surface area contributed by atoms with Crippen LogP contribution in [0.4, 0.5) is 5.82 Å². The molecule has 2 unspecified atom stereocenters. The number of aromatic nitrogens is 1. The monoisotopic (exact) mass is 244 g/mol. The van der Waals surface area contributed by atoms with Gasteiger partial charge in [0, 0.05) is 17.0 Å². The SMILES string of the molecule is Nc1ncc(Cl)cc1C(O)C1CCCS1. The van der Waals surface area contributed by atoms with Crippen LogP contribution >= 0.6 is 23.4 Å². The molecule has 1 aromatic rings. The van der Waals surface area contributed by atoms with Gasteiger partial charge < -0.3 is 10.8 Å². The fraction of sp³-hybridized carbons (Fsp3) is 0.500. The first-order valence-electron chi connectivity index (χ1n) is 4.89. The van der Waals surface area contributed by atoms with Crippen LogP contribution in [0.3, 0.4) is 0 Å². The number of rotatable bonds is 2. The molecule has 1 aliphatic rings. The number of anilines is 1. The molecule has 0 aromatic carbocycles. The summed E-state index contributed by atoms with van der Waals surface area (Å²) in [6, 6.07) is 1.70. The Morgan fingerprint density at radius 2 is 2.47 bits per heavy atom. The average Bonchev–Trinajstić information content (AvgIpc) is 2.74. The van der Waals surface area contributed by atoms with Crippen LogP contribution in [-0.4, -0.2) is 21.1 Å². The molecule has 3 nitrogen and oxygen atoms in total. The first kappa shape index (κ1) is 11.0. The first-order chi connectivity index (χ1) is 7.18. The van der Waals surface area contributed by atoms with E-state index in [1.165, 1.54) is 6.20 Å². The van der Waals surface area contributed by atoms with Crippen LogP contribution < -0.4 is 5.73 Å². The number of aliphatic hydroxyl groups excluding tert-OH is 1. The number of thioether (sulfide) groups is 1. The maximum absolute atomic E-state index is 10.1. The van der Waals surface area contributed by atoms with E-state index in [2.05, 4.69) is 4.98 Å². The molecule has 2 atom stereocenters. The number of hydrogen-bond acceptors (Lipinski definition) is 4. The van der Waals surface area contributed by atoms with E-state index in [1.54, 1.807) is 17.8 Å². The lowest BCUT2D eigenvalue weighted by molar-refractivity contribution is 0.173. The number of nitrogens with two attached hydrogens (primary N) is 1. The summed E-state index contributed by atoms with van der Waals surface area (Å²) in [5.41, 5.74) is 6.37. The minimum absolute atomic E-state index is 0.229. The van der Waals surface area contributed by atoms with Gasteiger partial charge in [0.25, 0.3) is 0 Å². The maximum Gasteiger partial charge on any atom is 0.129 e. The van der Waals surface area contributed by atoms with Gasteiger partial charge in [-0.3, -0.25) is 0 Å². The molecular formula is C10H13ClN2OS. The Kier molecular flexibility index (Phi) is 3.38. The van der Waals surface area contributed by atoms with Crippen molar-refractivity contribution in [2.75, 3.05) is 11.5 Å². The molecule has 1 aromatic heterocycles. The van der Waals surface area contributed by atoms with Crippen molar-refractivity contribution < 1.29 is 5.11 Å². The zero-order valence-corrected chi connectivity index (χ0v) is 9.76. The van der Waals surface area contributed by atoms with Gasteiger partial charge >= 0.3 is 0 Å². The summed E-state index contributed by atoms with van der Waals surface area (Å²) in [6.45, 7) is 0. The summed E-state index contributed by atoms with van der Waals surface area (Å²) in [5.74, 6) is 1.48. The molecule has 5 heteroatoms. The molecule has 0 saturated carbocycles. The van der Waals surface area contributed by atoms with Crippen molar-refractivity contribution in [1.29, 1.82) is 0 Å². The van der Waals surface area contributed by atoms with Crippen molar-refractivity contribution >= 4 is 29.2 Å². The van der Waals surface area contributed by atoms with Gasteiger partial charge in [-0.1, -0.05) is 11.6 Å². The van der Waals surface area contributed by atoms with Crippen molar-refractivity contribution in [3.8, 4) is 0 Å². The van der Waals surface area contributed by atoms with Crippen LogP contribution in [0.25, 0.3) is 0 Å². The normalized spacial score (nSPS) is 22.9. The first-order valence-corrected chi connectivity index (χ1v) is 6.32. The molecule has 0 spiro atoms. The Bertz CT molecular complexity index is 355. The Morgan fingerprint density at radius 1 is 1.67 bits per heavy atom. The third-order valence-electron chi connectivity index (χ3n) is 2.55. The highest BCUT2D eigenvalue weighted by atomic mass is 35.5. The number of pyridine rings is 1. The van der Waals surface area contributed by atoms with Gasteiger partial charge in [0.1, 0.15) is 5.82 Å². The van der Waals surface area contributed by atoms with E-state index in [0.717, 1.165) is 18.6 Å². The van der Waals surface area contributed by atoms with Crippen LogP contribution in [0, 0.1) is 0 Å². The second kappa shape index (κ2) is 4.60. The minimum atomic E-state index is -0.552. The zero-order chi connectivity index (χ0) is 10.8. The van der Waals surface area contributed by atoms with E-state index < -0.39 is 6.10 Å². The van der Waals surface area contributed by atoms with Crippen LogP contribution in [0.1, 0.15) is 24.5 Å². The molecule has 0 radical (unpaired) electrons. The van der Waals surface area contributed by atoms with Gasteiger partial charge in [-0.2, -0.15) is 11.8 Å². The zero-order valence-electron chi connectivity index (χ0n) is 8.19. The van der Waals surface area contributed by atoms with Crippen molar-refractivity contribution in [2.24, 2.45) is 0 Å². The quantitative estimate of drug-likeness (QED) is 0.838. The summed E-state index contributed by atoms with van der Waals surface area (Å²) < 4.78 is 0. The fourth-order valence-electron chi connectivity index (χ4n) is 1.75. The number of nitrogen functional groups attached to an aromatic ring is 1.